The fraction of sp³-hybridized carbons (Fsp3) is 0. The van der Waals surface area contributed by atoms with E-state index >= 15 is 0 Å². The van der Waals surface area contributed by atoms with E-state index in [-0.39, 0.29) is 5.78 Å². The number of aromatic nitrogens is 1. The normalized spacial score (nSPS) is 12.1. The van der Waals surface area contributed by atoms with Crippen molar-refractivity contribution in [3.63, 3.8) is 0 Å². The molecular formula is C37H24N2O. The molecule has 0 bridgehead atoms. The number of para-hydroxylation sites is 4. The van der Waals surface area contributed by atoms with Gasteiger partial charge < -0.3 is 9.47 Å². The van der Waals surface area contributed by atoms with Gasteiger partial charge in [0.05, 0.1) is 11.0 Å². The van der Waals surface area contributed by atoms with E-state index in [4.69, 9.17) is 0 Å². The highest BCUT2D eigenvalue weighted by Crippen LogP contribution is 2.43. The number of hydrogen-bond donors (Lipinski definition) is 0. The van der Waals surface area contributed by atoms with Crippen LogP contribution in [-0.2, 0) is 0 Å². The highest BCUT2D eigenvalue weighted by atomic mass is 16.1. The minimum absolute atomic E-state index is 0.0653. The molecule has 0 saturated heterocycles. The van der Waals surface area contributed by atoms with Gasteiger partial charge in [0.25, 0.3) is 0 Å². The lowest BCUT2D eigenvalue weighted by Gasteiger charge is -2.25. The zero-order valence-corrected chi connectivity index (χ0v) is 21.7. The Morgan fingerprint density at radius 3 is 1.52 bits per heavy atom. The minimum atomic E-state index is 0.0653. The van der Waals surface area contributed by atoms with Gasteiger partial charge in [-0.25, -0.2) is 0 Å². The lowest BCUT2D eigenvalue weighted by molar-refractivity contribution is 0.104. The van der Waals surface area contributed by atoms with Crippen molar-refractivity contribution in [2.24, 2.45) is 0 Å². The molecule has 188 valence electrons. The SMILES string of the molecule is O=C1c2cc(N(c3ccccc3)c3ccccc3)ccc2-c2ccc(-n3c4ccccc4c4ccccc43)cc21. The molecule has 0 spiro atoms. The van der Waals surface area contributed by atoms with Crippen molar-refractivity contribution in [3.8, 4) is 16.8 Å². The van der Waals surface area contributed by atoms with Crippen molar-refractivity contribution in [2.45, 2.75) is 0 Å². The average Bonchev–Trinajstić information content (AvgIpc) is 3.50. The molecule has 0 atom stereocenters. The van der Waals surface area contributed by atoms with Crippen molar-refractivity contribution in [1.29, 1.82) is 0 Å². The molecule has 0 saturated carbocycles. The molecule has 6 aromatic carbocycles. The van der Waals surface area contributed by atoms with Gasteiger partial charge >= 0.3 is 0 Å². The summed E-state index contributed by atoms with van der Waals surface area (Å²) in [5.74, 6) is 0.0653. The molecule has 1 aliphatic carbocycles. The molecule has 1 aromatic heterocycles. The van der Waals surface area contributed by atoms with Gasteiger partial charge in [0.15, 0.2) is 5.78 Å². The molecule has 40 heavy (non-hydrogen) atoms. The van der Waals surface area contributed by atoms with Gasteiger partial charge in [-0.1, -0.05) is 84.9 Å². The zero-order valence-electron chi connectivity index (χ0n) is 21.7. The number of carbonyl (C=O) groups is 1. The summed E-state index contributed by atoms with van der Waals surface area (Å²) >= 11 is 0. The number of hydrogen-bond acceptors (Lipinski definition) is 2. The lowest BCUT2D eigenvalue weighted by Crippen LogP contribution is -2.10. The average molecular weight is 513 g/mol. The lowest BCUT2D eigenvalue weighted by atomic mass is 10.0. The molecule has 3 nitrogen and oxygen atoms in total. The van der Waals surface area contributed by atoms with Gasteiger partial charge in [0, 0.05) is 44.6 Å². The number of benzene rings is 6. The quantitative estimate of drug-likeness (QED) is 0.235. The van der Waals surface area contributed by atoms with E-state index in [0.717, 1.165) is 56.0 Å². The summed E-state index contributed by atoms with van der Waals surface area (Å²) < 4.78 is 2.26. The van der Waals surface area contributed by atoms with Crippen LogP contribution in [0.5, 0.6) is 0 Å². The van der Waals surface area contributed by atoms with Gasteiger partial charge in [0.2, 0.25) is 0 Å². The number of ketones is 1. The molecule has 0 radical (unpaired) electrons. The van der Waals surface area contributed by atoms with Gasteiger partial charge in [-0.05, 0) is 71.8 Å². The third-order valence-corrected chi connectivity index (χ3v) is 7.91. The molecule has 0 fully saturated rings. The summed E-state index contributed by atoms with van der Waals surface area (Å²) in [6, 6.07) is 50.0. The van der Waals surface area contributed by atoms with Crippen LogP contribution >= 0.6 is 0 Å². The standard InChI is InChI=1S/C37H24N2O/c40-37-33-23-27(38(25-11-3-1-4-12-25)26-13-5-2-6-14-26)19-21-29(33)30-22-20-28(24-34(30)37)39-35-17-9-7-15-31(35)32-16-8-10-18-36(32)39/h1-24H. The molecule has 0 N–H and O–H groups in total. The van der Waals surface area contributed by atoms with E-state index < -0.39 is 0 Å². The summed E-state index contributed by atoms with van der Waals surface area (Å²) in [5.41, 5.74) is 9.77. The maximum absolute atomic E-state index is 14.0. The Balaban J connectivity index is 1.26. The smallest absolute Gasteiger partial charge is 0.194 e. The van der Waals surface area contributed by atoms with Crippen LogP contribution in [0.15, 0.2) is 146 Å². The molecule has 8 rings (SSSR count). The summed E-state index contributed by atoms with van der Waals surface area (Å²) in [7, 11) is 0. The van der Waals surface area contributed by atoms with E-state index in [0.29, 0.717) is 0 Å². The maximum atomic E-state index is 14.0. The van der Waals surface area contributed by atoms with E-state index in [1.165, 1.54) is 10.8 Å². The predicted octanol–water partition coefficient (Wildman–Crippen LogP) is 9.46. The molecule has 1 heterocycles. The van der Waals surface area contributed by atoms with Crippen LogP contribution in [0.4, 0.5) is 17.1 Å². The number of nitrogens with zero attached hydrogens (tertiary/aromatic N) is 2. The Bertz CT molecular complexity index is 1980. The minimum Gasteiger partial charge on any atom is -0.310 e. The highest BCUT2D eigenvalue weighted by molar-refractivity contribution is 6.22. The molecule has 0 amide bonds. The second-order valence-electron chi connectivity index (χ2n) is 10.2. The van der Waals surface area contributed by atoms with Crippen LogP contribution in [0.25, 0.3) is 38.6 Å². The van der Waals surface area contributed by atoms with Crippen molar-refractivity contribution >= 4 is 44.7 Å². The Morgan fingerprint density at radius 1 is 0.425 bits per heavy atom. The van der Waals surface area contributed by atoms with E-state index in [9.17, 15) is 4.79 Å². The molecule has 7 aromatic rings. The summed E-state index contributed by atoms with van der Waals surface area (Å²) in [6.45, 7) is 0. The van der Waals surface area contributed by atoms with E-state index in [1.54, 1.807) is 0 Å². The number of rotatable bonds is 4. The van der Waals surface area contributed by atoms with E-state index in [2.05, 4.69) is 113 Å². The topological polar surface area (TPSA) is 25.2 Å². The maximum Gasteiger partial charge on any atom is 0.194 e. The number of anilines is 3. The largest absolute Gasteiger partial charge is 0.310 e. The van der Waals surface area contributed by atoms with E-state index in [1.807, 2.05) is 42.5 Å². The van der Waals surface area contributed by atoms with Crippen LogP contribution in [0, 0.1) is 0 Å². The van der Waals surface area contributed by atoms with Crippen molar-refractivity contribution in [2.75, 3.05) is 4.90 Å². The van der Waals surface area contributed by atoms with Crippen LogP contribution < -0.4 is 4.90 Å². The van der Waals surface area contributed by atoms with Crippen molar-refractivity contribution < 1.29 is 4.79 Å². The van der Waals surface area contributed by atoms with Crippen molar-refractivity contribution in [1.82, 2.24) is 4.57 Å². The van der Waals surface area contributed by atoms with Gasteiger partial charge in [-0.2, -0.15) is 0 Å². The van der Waals surface area contributed by atoms with Crippen LogP contribution in [0.1, 0.15) is 15.9 Å². The molecule has 0 unspecified atom stereocenters. The highest BCUT2D eigenvalue weighted by Gasteiger charge is 2.29. The second-order valence-corrected chi connectivity index (χ2v) is 10.2. The fourth-order valence-corrected chi connectivity index (χ4v) is 6.14. The molecule has 0 aliphatic heterocycles. The van der Waals surface area contributed by atoms with Gasteiger partial charge in [-0.15, -0.1) is 0 Å². The van der Waals surface area contributed by atoms with Crippen LogP contribution in [-0.4, -0.2) is 10.4 Å². The first-order valence-electron chi connectivity index (χ1n) is 13.5. The van der Waals surface area contributed by atoms with Crippen LogP contribution in [0.3, 0.4) is 0 Å². The molecule has 3 heteroatoms. The first-order chi connectivity index (χ1) is 19.8. The summed E-state index contributed by atoms with van der Waals surface area (Å²) in [4.78, 5) is 16.2. The molecule has 1 aliphatic rings. The summed E-state index contributed by atoms with van der Waals surface area (Å²) in [6.07, 6.45) is 0. The first-order valence-corrected chi connectivity index (χ1v) is 13.5. The zero-order chi connectivity index (χ0) is 26.6. The Hall–Kier alpha value is -5.41. The Kier molecular flexibility index (Phi) is 4.98. The first kappa shape index (κ1) is 22.6. The third-order valence-electron chi connectivity index (χ3n) is 7.91. The van der Waals surface area contributed by atoms with Gasteiger partial charge in [0.1, 0.15) is 0 Å². The van der Waals surface area contributed by atoms with Gasteiger partial charge in [-0.3, -0.25) is 4.79 Å². The van der Waals surface area contributed by atoms with Crippen molar-refractivity contribution in [3.05, 3.63) is 157 Å². The second kappa shape index (κ2) is 8.82. The molecular weight excluding hydrogens is 488 g/mol. The monoisotopic (exact) mass is 512 g/mol. The predicted molar refractivity (Wildman–Crippen MR) is 164 cm³/mol. The van der Waals surface area contributed by atoms with Crippen LogP contribution in [0.2, 0.25) is 0 Å². The fourth-order valence-electron chi connectivity index (χ4n) is 6.14. The number of fused-ring (bicyclic) bond motifs is 6. The summed E-state index contributed by atoms with van der Waals surface area (Å²) in [5, 5.41) is 2.42. The Labute approximate surface area is 232 Å². The Morgan fingerprint density at radius 2 is 0.925 bits per heavy atom. The number of carbonyl (C=O) groups excluding carboxylic acids is 1. The third kappa shape index (κ3) is 3.35.